The second-order valence-corrected chi connectivity index (χ2v) is 8.51. The summed E-state index contributed by atoms with van der Waals surface area (Å²) in [4.78, 5) is 19.4. The van der Waals surface area contributed by atoms with Gasteiger partial charge in [0.1, 0.15) is 5.52 Å². The highest BCUT2D eigenvalue weighted by Crippen LogP contribution is 2.29. The molecular weight excluding hydrogens is 402 g/mol. The summed E-state index contributed by atoms with van der Waals surface area (Å²) >= 11 is 0. The number of carbonyl (C=O) groups is 1. The number of aryl methyl sites for hydroxylation is 2. The lowest BCUT2D eigenvalue weighted by Crippen LogP contribution is -2.41. The van der Waals surface area contributed by atoms with Crippen LogP contribution in [0, 0.1) is 19.8 Å². The zero-order valence-electron chi connectivity index (χ0n) is 19.3. The lowest BCUT2D eigenvalue weighted by atomic mass is 9.96. The third kappa shape index (κ3) is 4.93. The molecule has 0 bridgehead atoms. The van der Waals surface area contributed by atoms with Crippen molar-refractivity contribution in [3.63, 3.8) is 0 Å². The van der Waals surface area contributed by atoms with Gasteiger partial charge < -0.3 is 15.0 Å². The van der Waals surface area contributed by atoms with Crippen LogP contribution in [0.2, 0.25) is 0 Å². The summed E-state index contributed by atoms with van der Waals surface area (Å²) in [7, 11) is 0. The van der Waals surface area contributed by atoms with E-state index in [0.29, 0.717) is 13.2 Å². The lowest BCUT2D eigenvalue weighted by molar-refractivity contribution is -0.125. The number of anilines is 1. The fraction of sp³-hybridized carbons (Fsp3) is 0.480. The molecule has 0 unspecified atom stereocenters. The third-order valence-corrected chi connectivity index (χ3v) is 6.31. The predicted molar refractivity (Wildman–Crippen MR) is 127 cm³/mol. The van der Waals surface area contributed by atoms with Gasteiger partial charge in [-0.25, -0.2) is 9.50 Å². The fourth-order valence-electron chi connectivity index (χ4n) is 4.22. The molecule has 0 aliphatic carbocycles. The zero-order chi connectivity index (χ0) is 22.5. The number of nitrogens with zero attached hydrogens (tertiary/aromatic N) is 4. The minimum absolute atomic E-state index is 0.0640. The van der Waals surface area contributed by atoms with Crippen molar-refractivity contribution in [1.82, 2.24) is 19.9 Å². The van der Waals surface area contributed by atoms with Gasteiger partial charge in [0.25, 0.3) is 0 Å². The van der Waals surface area contributed by atoms with Crippen molar-refractivity contribution in [2.45, 2.75) is 40.0 Å². The van der Waals surface area contributed by atoms with Crippen LogP contribution in [0.25, 0.3) is 16.8 Å². The number of amides is 1. The van der Waals surface area contributed by atoms with Gasteiger partial charge >= 0.3 is 0 Å². The first-order valence-electron chi connectivity index (χ1n) is 11.6. The zero-order valence-corrected chi connectivity index (χ0v) is 19.3. The number of piperidine rings is 1. The van der Waals surface area contributed by atoms with Crippen LogP contribution in [0.4, 0.5) is 5.82 Å². The topological polar surface area (TPSA) is 71.8 Å². The standard InChI is InChI=1S/C25H33N5O2/c1-4-32-15-5-10-27-25(31)20-8-12-29(13-9-20)24-23-17-22(28-30(23)14-11-26-24)21-7-6-18(2)19(3)16-21/h6-7,11,14,16-17,20H,4-5,8-10,12-13,15H2,1-3H3,(H,27,31). The van der Waals surface area contributed by atoms with Gasteiger partial charge in [0, 0.05) is 56.7 Å². The van der Waals surface area contributed by atoms with Gasteiger partial charge in [0.15, 0.2) is 5.82 Å². The van der Waals surface area contributed by atoms with Gasteiger partial charge in [-0.1, -0.05) is 12.1 Å². The first kappa shape index (κ1) is 22.3. The molecule has 0 spiro atoms. The van der Waals surface area contributed by atoms with Gasteiger partial charge in [-0.3, -0.25) is 4.79 Å². The molecule has 2 aromatic heterocycles. The minimum Gasteiger partial charge on any atom is -0.382 e. The molecule has 7 nitrogen and oxygen atoms in total. The van der Waals surface area contributed by atoms with Gasteiger partial charge in [-0.15, -0.1) is 0 Å². The number of aromatic nitrogens is 3. The average molecular weight is 436 g/mol. The van der Waals surface area contributed by atoms with E-state index in [-0.39, 0.29) is 11.8 Å². The molecule has 1 amide bonds. The van der Waals surface area contributed by atoms with Gasteiger partial charge in [-0.2, -0.15) is 5.10 Å². The van der Waals surface area contributed by atoms with Crippen LogP contribution < -0.4 is 10.2 Å². The van der Waals surface area contributed by atoms with E-state index in [2.05, 4.69) is 53.3 Å². The molecule has 1 aromatic carbocycles. The molecule has 1 aliphatic heterocycles. The Balaban J connectivity index is 1.42. The van der Waals surface area contributed by atoms with Crippen molar-refractivity contribution in [1.29, 1.82) is 0 Å². The van der Waals surface area contributed by atoms with Crippen LogP contribution in [0.15, 0.2) is 36.7 Å². The molecule has 3 aromatic rings. The van der Waals surface area contributed by atoms with E-state index in [1.54, 1.807) is 6.20 Å². The van der Waals surface area contributed by atoms with Crippen LogP contribution in [0.3, 0.4) is 0 Å². The van der Waals surface area contributed by atoms with Gasteiger partial charge in [-0.05, 0) is 63.3 Å². The number of rotatable bonds is 8. The summed E-state index contributed by atoms with van der Waals surface area (Å²) in [6, 6.07) is 8.56. The highest BCUT2D eigenvalue weighted by Gasteiger charge is 2.26. The molecular formula is C25H33N5O2. The van der Waals surface area contributed by atoms with Crippen LogP contribution in [0.5, 0.6) is 0 Å². The maximum absolute atomic E-state index is 12.5. The molecule has 32 heavy (non-hydrogen) atoms. The van der Waals surface area contributed by atoms with E-state index in [1.165, 1.54) is 11.1 Å². The molecule has 1 saturated heterocycles. The van der Waals surface area contributed by atoms with Crippen molar-refractivity contribution in [3.05, 3.63) is 47.8 Å². The van der Waals surface area contributed by atoms with E-state index < -0.39 is 0 Å². The van der Waals surface area contributed by atoms with E-state index in [0.717, 1.165) is 61.6 Å². The van der Waals surface area contributed by atoms with Crippen LogP contribution >= 0.6 is 0 Å². The monoisotopic (exact) mass is 435 g/mol. The SMILES string of the molecule is CCOCCCNC(=O)C1CCN(c2nccn3nc(-c4ccc(C)c(C)c4)cc23)CC1. The highest BCUT2D eigenvalue weighted by atomic mass is 16.5. The second-order valence-electron chi connectivity index (χ2n) is 8.51. The van der Waals surface area contributed by atoms with E-state index in [1.807, 2.05) is 17.6 Å². The molecule has 0 atom stereocenters. The summed E-state index contributed by atoms with van der Waals surface area (Å²) in [6.07, 6.45) is 6.22. The Kier molecular flexibility index (Phi) is 7.05. The van der Waals surface area contributed by atoms with Crippen molar-refractivity contribution >= 4 is 17.2 Å². The maximum Gasteiger partial charge on any atom is 0.223 e. The second kappa shape index (κ2) is 10.1. The number of hydrogen-bond acceptors (Lipinski definition) is 5. The highest BCUT2D eigenvalue weighted by molar-refractivity contribution is 5.79. The summed E-state index contributed by atoms with van der Waals surface area (Å²) in [5.41, 5.74) is 5.60. The first-order valence-corrected chi connectivity index (χ1v) is 11.6. The first-order chi connectivity index (χ1) is 15.6. The molecule has 170 valence electrons. The molecule has 1 aliphatic rings. The summed E-state index contributed by atoms with van der Waals surface area (Å²) in [5.74, 6) is 1.16. The number of ether oxygens (including phenoxy) is 1. The van der Waals surface area contributed by atoms with E-state index >= 15 is 0 Å². The molecule has 0 saturated carbocycles. The van der Waals surface area contributed by atoms with E-state index in [9.17, 15) is 4.79 Å². The molecule has 0 radical (unpaired) electrons. The normalized spacial score (nSPS) is 14.8. The van der Waals surface area contributed by atoms with Crippen LogP contribution in [-0.2, 0) is 9.53 Å². The van der Waals surface area contributed by atoms with Crippen molar-refractivity contribution < 1.29 is 9.53 Å². The number of fused-ring (bicyclic) bond motifs is 1. The Labute approximate surface area is 189 Å². The smallest absolute Gasteiger partial charge is 0.223 e. The molecule has 1 N–H and O–H groups in total. The van der Waals surface area contributed by atoms with E-state index in [4.69, 9.17) is 9.84 Å². The Bertz CT molecular complexity index is 1070. The minimum atomic E-state index is 0.0640. The largest absolute Gasteiger partial charge is 0.382 e. The van der Waals surface area contributed by atoms with Crippen molar-refractivity contribution in [2.75, 3.05) is 37.7 Å². The lowest BCUT2D eigenvalue weighted by Gasteiger charge is -2.32. The summed E-state index contributed by atoms with van der Waals surface area (Å²) in [6.45, 7) is 9.95. The number of nitrogens with one attached hydrogen (secondary N) is 1. The molecule has 1 fully saturated rings. The van der Waals surface area contributed by atoms with Gasteiger partial charge in [0.2, 0.25) is 5.91 Å². The Morgan fingerprint density at radius 2 is 2.00 bits per heavy atom. The van der Waals surface area contributed by atoms with Crippen molar-refractivity contribution in [2.24, 2.45) is 5.92 Å². The average Bonchev–Trinajstić information content (AvgIpc) is 3.25. The molecule has 3 heterocycles. The molecule has 4 rings (SSSR count). The van der Waals surface area contributed by atoms with Crippen LogP contribution in [-0.4, -0.2) is 53.4 Å². The Hall–Kier alpha value is -2.93. The predicted octanol–water partition coefficient (Wildman–Crippen LogP) is 3.77. The number of carbonyl (C=O) groups excluding carboxylic acids is 1. The Morgan fingerprint density at radius 3 is 2.75 bits per heavy atom. The van der Waals surface area contributed by atoms with Crippen LogP contribution in [0.1, 0.15) is 37.3 Å². The van der Waals surface area contributed by atoms with Gasteiger partial charge in [0.05, 0.1) is 5.69 Å². The quantitative estimate of drug-likeness (QED) is 0.546. The number of hydrogen-bond donors (Lipinski definition) is 1. The molecule has 7 heteroatoms. The Morgan fingerprint density at radius 1 is 1.19 bits per heavy atom. The maximum atomic E-state index is 12.5. The summed E-state index contributed by atoms with van der Waals surface area (Å²) in [5, 5.41) is 7.84. The van der Waals surface area contributed by atoms with Crippen molar-refractivity contribution in [3.8, 4) is 11.3 Å². The third-order valence-electron chi connectivity index (χ3n) is 6.31. The fourth-order valence-corrected chi connectivity index (χ4v) is 4.22. The summed E-state index contributed by atoms with van der Waals surface area (Å²) < 4.78 is 7.23. The number of benzene rings is 1.